The highest BCUT2D eigenvalue weighted by Gasteiger charge is 2.66. The van der Waals surface area contributed by atoms with Crippen LogP contribution in [-0.4, -0.2) is 41.1 Å². The summed E-state index contributed by atoms with van der Waals surface area (Å²) in [6.07, 6.45) is -4.40. The largest absolute Gasteiger partial charge is 0.481 e. The van der Waals surface area contributed by atoms with Crippen LogP contribution in [0.2, 0.25) is 0 Å². The van der Waals surface area contributed by atoms with Crippen LogP contribution in [0.15, 0.2) is 0 Å². The number of halogens is 3. The maximum Gasteiger partial charge on any atom is 0.391 e. The summed E-state index contributed by atoms with van der Waals surface area (Å²) in [5.74, 6) is -4.02. The normalized spacial score (nSPS) is 30.1. The number of alkyl halides is 3. The van der Waals surface area contributed by atoms with Crippen LogP contribution in [0.4, 0.5) is 13.2 Å². The minimum absolute atomic E-state index is 0.0575. The second-order valence-electron chi connectivity index (χ2n) is 6.26. The fourth-order valence-electron chi connectivity index (χ4n) is 3.18. The molecule has 2 fully saturated rings. The number of amides is 1. The van der Waals surface area contributed by atoms with E-state index in [1.165, 1.54) is 4.90 Å². The van der Waals surface area contributed by atoms with Gasteiger partial charge in [-0.3, -0.25) is 9.59 Å². The standard InChI is InChI=1S/C13H18F3NO3/c1-12(2)8(9(12)11(19)20)10(18)17-5-3-7(4-6-17)13(14,15)16/h7-9H,3-6H2,1-2H3,(H,19,20)/t8-,9+/m1/s1. The molecule has 0 bridgehead atoms. The van der Waals surface area contributed by atoms with E-state index in [1.54, 1.807) is 13.8 Å². The molecule has 4 nitrogen and oxygen atoms in total. The second-order valence-corrected chi connectivity index (χ2v) is 6.26. The monoisotopic (exact) mass is 293 g/mol. The van der Waals surface area contributed by atoms with Gasteiger partial charge in [-0.25, -0.2) is 0 Å². The molecule has 1 N–H and O–H groups in total. The Bertz CT molecular complexity index is 425. The minimum atomic E-state index is -4.21. The molecule has 1 aliphatic heterocycles. The molecule has 20 heavy (non-hydrogen) atoms. The van der Waals surface area contributed by atoms with Gasteiger partial charge in [0.05, 0.1) is 17.8 Å². The summed E-state index contributed by atoms with van der Waals surface area (Å²) in [6, 6.07) is 0. The van der Waals surface area contributed by atoms with Crippen molar-refractivity contribution in [3.8, 4) is 0 Å². The number of carbonyl (C=O) groups excluding carboxylic acids is 1. The van der Waals surface area contributed by atoms with E-state index >= 15 is 0 Å². The average molecular weight is 293 g/mol. The third-order valence-corrected chi connectivity index (χ3v) is 4.63. The highest BCUT2D eigenvalue weighted by Crippen LogP contribution is 2.59. The Kier molecular flexibility index (Phi) is 3.50. The van der Waals surface area contributed by atoms with Crippen LogP contribution < -0.4 is 0 Å². The van der Waals surface area contributed by atoms with E-state index in [4.69, 9.17) is 5.11 Å². The number of hydrogen-bond donors (Lipinski definition) is 1. The minimum Gasteiger partial charge on any atom is -0.481 e. The molecular formula is C13H18F3NO3. The van der Waals surface area contributed by atoms with Crippen LogP contribution in [0, 0.1) is 23.2 Å². The molecule has 114 valence electrons. The average Bonchev–Trinajstić information content (AvgIpc) is 2.90. The summed E-state index contributed by atoms with van der Waals surface area (Å²) >= 11 is 0. The highest BCUT2D eigenvalue weighted by molar-refractivity contribution is 5.91. The number of hydrogen-bond acceptors (Lipinski definition) is 2. The molecule has 1 amide bonds. The molecule has 1 saturated heterocycles. The van der Waals surface area contributed by atoms with Gasteiger partial charge < -0.3 is 10.0 Å². The van der Waals surface area contributed by atoms with Crippen molar-refractivity contribution < 1.29 is 27.9 Å². The number of aliphatic carboxylic acids is 1. The van der Waals surface area contributed by atoms with Gasteiger partial charge in [0.2, 0.25) is 5.91 Å². The van der Waals surface area contributed by atoms with Crippen molar-refractivity contribution in [2.45, 2.75) is 32.9 Å². The molecular weight excluding hydrogens is 275 g/mol. The highest BCUT2D eigenvalue weighted by atomic mass is 19.4. The van der Waals surface area contributed by atoms with E-state index in [0.29, 0.717) is 0 Å². The summed E-state index contributed by atoms with van der Waals surface area (Å²) in [4.78, 5) is 24.7. The van der Waals surface area contributed by atoms with E-state index < -0.39 is 35.3 Å². The SMILES string of the molecule is CC1(C)[C@H](C(=O)O)[C@@H]1C(=O)N1CCC(C(F)(F)F)CC1. The van der Waals surface area contributed by atoms with Crippen molar-refractivity contribution in [2.75, 3.05) is 13.1 Å². The Labute approximate surface area is 114 Å². The van der Waals surface area contributed by atoms with Gasteiger partial charge in [0.25, 0.3) is 0 Å². The van der Waals surface area contributed by atoms with Gasteiger partial charge in [0.15, 0.2) is 0 Å². The topological polar surface area (TPSA) is 57.6 Å². The maximum atomic E-state index is 12.6. The maximum absolute atomic E-state index is 12.6. The summed E-state index contributed by atoms with van der Waals surface area (Å²) in [7, 11) is 0. The Morgan fingerprint density at radius 2 is 1.65 bits per heavy atom. The zero-order valence-corrected chi connectivity index (χ0v) is 11.4. The lowest BCUT2D eigenvalue weighted by atomic mass is 9.95. The molecule has 2 aliphatic rings. The second kappa shape index (κ2) is 4.63. The van der Waals surface area contributed by atoms with Crippen LogP contribution in [-0.2, 0) is 9.59 Å². The Morgan fingerprint density at radius 3 is 2.00 bits per heavy atom. The summed E-state index contributed by atoms with van der Waals surface area (Å²) < 4.78 is 37.7. The molecule has 7 heteroatoms. The molecule has 1 saturated carbocycles. The Balaban J connectivity index is 1.95. The predicted octanol–water partition coefficient (Wildman–Crippen LogP) is 2.14. The zero-order valence-electron chi connectivity index (χ0n) is 11.4. The molecule has 1 aliphatic carbocycles. The molecule has 0 unspecified atom stereocenters. The van der Waals surface area contributed by atoms with Gasteiger partial charge in [-0.15, -0.1) is 0 Å². The zero-order chi connectivity index (χ0) is 15.3. The van der Waals surface area contributed by atoms with Crippen LogP contribution in [0.1, 0.15) is 26.7 Å². The van der Waals surface area contributed by atoms with Gasteiger partial charge in [-0.1, -0.05) is 13.8 Å². The van der Waals surface area contributed by atoms with Gasteiger partial charge in [0, 0.05) is 13.1 Å². The number of carboxylic acid groups (broad SMARTS) is 1. The van der Waals surface area contributed by atoms with Crippen LogP contribution >= 0.6 is 0 Å². The van der Waals surface area contributed by atoms with Crippen molar-refractivity contribution >= 4 is 11.9 Å². The quantitative estimate of drug-likeness (QED) is 0.848. The first-order chi connectivity index (χ1) is 9.06. The van der Waals surface area contributed by atoms with E-state index in [0.717, 1.165) is 0 Å². The lowest BCUT2D eigenvalue weighted by Crippen LogP contribution is -2.43. The number of piperidine rings is 1. The lowest BCUT2D eigenvalue weighted by Gasteiger charge is -2.33. The predicted molar refractivity (Wildman–Crippen MR) is 63.8 cm³/mol. The number of carboxylic acids is 1. The molecule has 2 rings (SSSR count). The van der Waals surface area contributed by atoms with E-state index in [9.17, 15) is 22.8 Å². The number of likely N-dealkylation sites (tertiary alicyclic amines) is 1. The first kappa shape index (κ1) is 15.1. The number of rotatable bonds is 2. The number of nitrogens with zero attached hydrogens (tertiary/aromatic N) is 1. The summed E-state index contributed by atoms with van der Waals surface area (Å²) in [5, 5.41) is 9.04. The number of carbonyl (C=O) groups is 2. The van der Waals surface area contributed by atoms with Crippen LogP contribution in [0.5, 0.6) is 0 Å². The molecule has 0 aromatic carbocycles. The Morgan fingerprint density at radius 1 is 1.15 bits per heavy atom. The molecule has 0 aromatic heterocycles. The van der Waals surface area contributed by atoms with E-state index in [2.05, 4.69) is 0 Å². The fraction of sp³-hybridized carbons (Fsp3) is 0.846. The van der Waals surface area contributed by atoms with Gasteiger partial charge >= 0.3 is 12.1 Å². The van der Waals surface area contributed by atoms with Crippen molar-refractivity contribution in [1.82, 2.24) is 4.90 Å². The van der Waals surface area contributed by atoms with Crippen molar-refractivity contribution in [1.29, 1.82) is 0 Å². The third-order valence-electron chi connectivity index (χ3n) is 4.63. The molecule has 0 aromatic rings. The third kappa shape index (κ3) is 2.50. The molecule has 1 heterocycles. The van der Waals surface area contributed by atoms with Crippen LogP contribution in [0.3, 0.4) is 0 Å². The van der Waals surface area contributed by atoms with Crippen molar-refractivity contribution in [3.63, 3.8) is 0 Å². The van der Waals surface area contributed by atoms with Gasteiger partial charge in [-0.2, -0.15) is 13.2 Å². The van der Waals surface area contributed by atoms with Crippen molar-refractivity contribution in [2.24, 2.45) is 23.2 Å². The summed E-state index contributed by atoms with van der Waals surface area (Å²) in [5.41, 5.74) is -0.607. The van der Waals surface area contributed by atoms with E-state index in [1.807, 2.05) is 0 Å². The van der Waals surface area contributed by atoms with Crippen molar-refractivity contribution in [3.05, 3.63) is 0 Å². The van der Waals surface area contributed by atoms with E-state index in [-0.39, 0.29) is 31.8 Å². The first-order valence-corrected chi connectivity index (χ1v) is 6.65. The summed E-state index contributed by atoms with van der Waals surface area (Å²) in [6.45, 7) is 3.53. The Hall–Kier alpha value is -1.27. The molecule has 2 atom stereocenters. The molecule has 0 spiro atoms. The fourth-order valence-corrected chi connectivity index (χ4v) is 3.18. The van der Waals surface area contributed by atoms with Gasteiger partial charge in [-0.05, 0) is 18.3 Å². The van der Waals surface area contributed by atoms with Gasteiger partial charge in [0.1, 0.15) is 0 Å². The van der Waals surface area contributed by atoms with Crippen LogP contribution in [0.25, 0.3) is 0 Å². The smallest absolute Gasteiger partial charge is 0.391 e. The lowest BCUT2D eigenvalue weighted by molar-refractivity contribution is -0.186. The first-order valence-electron chi connectivity index (χ1n) is 6.65. The molecule has 0 radical (unpaired) electrons.